The van der Waals surface area contributed by atoms with Crippen LogP contribution in [-0.4, -0.2) is 34.9 Å². The van der Waals surface area contributed by atoms with Gasteiger partial charge in [0.25, 0.3) is 0 Å². The molecule has 2 aromatic carbocycles. The van der Waals surface area contributed by atoms with Gasteiger partial charge in [0.1, 0.15) is 0 Å². The molecule has 0 saturated carbocycles. The molecule has 1 aromatic heterocycles. The zero-order chi connectivity index (χ0) is 17.1. The van der Waals surface area contributed by atoms with Crippen molar-refractivity contribution in [3.63, 3.8) is 0 Å². The number of aryl methyl sites for hydroxylation is 1. The molecule has 0 atom stereocenters. The topological polar surface area (TPSA) is 25.2 Å². The number of nitrogens with zero attached hydrogens (tertiary/aromatic N) is 2. The highest BCUT2D eigenvalue weighted by atomic mass is 35.5. The predicted octanol–water partition coefficient (Wildman–Crippen LogP) is 5.15. The first kappa shape index (κ1) is 19.5. The summed E-state index contributed by atoms with van der Waals surface area (Å²) in [5, 5.41) is 2.49. The number of carbonyl (C=O) groups excluding carboxylic acids is 1. The maximum absolute atomic E-state index is 12.6. The Bertz CT molecular complexity index is 865. The first-order valence-electron chi connectivity index (χ1n) is 8.96. The van der Waals surface area contributed by atoms with E-state index < -0.39 is 0 Å². The molecule has 0 fully saturated rings. The Morgan fingerprint density at radius 2 is 1.64 bits per heavy atom. The van der Waals surface area contributed by atoms with E-state index in [1.165, 1.54) is 16.3 Å². The molecule has 1 heterocycles. The minimum absolute atomic E-state index is 0. The summed E-state index contributed by atoms with van der Waals surface area (Å²) in [6.45, 7) is 10.2. The van der Waals surface area contributed by atoms with Crippen molar-refractivity contribution in [2.45, 2.75) is 33.7 Å². The van der Waals surface area contributed by atoms with E-state index in [4.69, 9.17) is 0 Å². The van der Waals surface area contributed by atoms with E-state index in [1.807, 2.05) is 6.07 Å². The Morgan fingerprint density at radius 3 is 2.32 bits per heavy atom. The van der Waals surface area contributed by atoms with Crippen molar-refractivity contribution in [3.05, 3.63) is 48.0 Å². The molecule has 0 N–H and O–H groups in total. The van der Waals surface area contributed by atoms with Crippen LogP contribution in [-0.2, 0) is 6.54 Å². The van der Waals surface area contributed by atoms with E-state index in [0.29, 0.717) is 6.42 Å². The second-order valence-corrected chi connectivity index (χ2v) is 6.19. The number of hydrogen-bond donors (Lipinski definition) is 0. The number of rotatable bonds is 7. The zero-order valence-corrected chi connectivity index (χ0v) is 16.1. The third-order valence-electron chi connectivity index (χ3n) is 4.96. The lowest BCUT2D eigenvalue weighted by molar-refractivity contribution is 0.0966. The number of ketones is 1. The maximum atomic E-state index is 12.6. The van der Waals surface area contributed by atoms with Gasteiger partial charge in [-0.15, -0.1) is 12.4 Å². The van der Waals surface area contributed by atoms with Crippen LogP contribution >= 0.6 is 12.4 Å². The average molecular weight is 359 g/mol. The molecule has 4 heteroatoms. The lowest BCUT2D eigenvalue weighted by Gasteiger charge is -2.17. The number of hydrogen-bond acceptors (Lipinski definition) is 2. The molecule has 0 unspecified atom stereocenters. The number of para-hydroxylation sites is 1. The van der Waals surface area contributed by atoms with Crippen LogP contribution in [0.25, 0.3) is 21.8 Å². The summed E-state index contributed by atoms with van der Waals surface area (Å²) in [6, 6.07) is 14.6. The molecule has 0 bridgehead atoms. The second-order valence-electron chi connectivity index (χ2n) is 6.19. The first-order chi connectivity index (χ1) is 11.7. The van der Waals surface area contributed by atoms with Gasteiger partial charge in [0, 0.05) is 46.9 Å². The van der Waals surface area contributed by atoms with Crippen molar-refractivity contribution in [2.24, 2.45) is 0 Å². The number of halogens is 1. The fourth-order valence-corrected chi connectivity index (χ4v) is 3.51. The number of benzene rings is 2. The molecule has 0 saturated heterocycles. The highest BCUT2D eigenvalue weighted by molar-refractivity contribution is 6.10. The summed E-state index contributed by atoms with van der Waals surface area (Å²) in [5.41, 5.74) is 3.22. The third kappa shape index (κ3) is 3.73. The Hall–Kier alpha value is -1.84. The minimum Gasteiger partial charge on any atom is -0.341 e. The van der Waals surface area contributed by atoms with E-state index in [1.54, 1.807) is 0 Å². The average Bonchev–Trinajstić information content (AvgIpc) is 2.95. The molecule has 0 amide bonds. The van der Waals surface area contributed by atoms with Crippen molar-refractivity contribution in [3.8, 4) is 0 Å². The third-order valence-corrected chi connectivity index (χ3v) is 4.96. The summed E-state index contributed by atoms with van der Waals surface area (Å²) in [5.74, 6) is 0.233. The summed E-state index contributed by atoms with van der Waals surface area (Å²) in [4.78, 5) is 14.9. The van der Waals surface area contributed by atoms with Crippen molar-refractivity contribution >= 4 is 40.0 Å². The van der Waals surface area contributed by atoms with Crippen molar-refractivity contribution < 1.29 is 4.79 Å². The van der Waals surface area contributed by atoms with Crippen LogP contribution in [0.15, 0.2) is 42.5 Å². The molecular formula is C21H27ClN2O. The lowest BCUT2D eigenvalue weighted by atomic mass is 10.0. The van der Waals surface area contributed by atoms with E-state index >= 15 is 0 Å². The smallest absolute Gasteiger partial charge is 0.164 e. The summed E-state index contributed by atoms with van der Waals surface area (Å²) < 4.78 is 2.30. The Balaban J connectivity index is 0.00000225. The van der Waals surface area contributed by atoms with Crippen LogP contribution in [0, 0.1) is 0 Å². The largest absolute Gasteiger partial charge is 0.341 e. The van der Waals surface area contributed by atoms with Crippen LogP contribution in [0.2, 0.25) is 0 Å². The summed E-state index contributed by atoms with van der Waals surface area (Å²) in [7, 11) is 0. The minimum atomic E-state index is 0. The normalized spacial score (nSPS) is 11.2. The maximum Gasteiger partial charge on any atom is 0.164 e. The monoisotopic (exact) mass is 358 g/mol. The van der Waals surface area contributed by atoms with Crippen LogP contribution < -0.4 is 0 Å². The Labute approximate surface area is 156 Å². The number of Topliss-reactive ketones (excluding diaryl/α,β-unsaturated/α-hetero) is 1. The van der Waals surface area contributed by atoms with E-state index in [9.17, 15) is 4.79 Å². The molecule has 0 aliphatic rings. The molecular weight excluding hydrogens is 332 g/mol. The van der Waals surface area contributed by atoms with E-state index in [2.05, 4.69) is 66.6 Å². The van der Waals surface area contributed by atoms with Crippen molar-refractivity contribution in [1.82, 2.24) is 9.47 Å². The predicted molar refractivity (Wildman–Crippen MR) is 109 cm³/mol. The SMILES string of the molecule is CCN(CC)CCC(=O)c1ccc2c3ccccc3n(CC)c2c1.Cl. The molecule has 3 nitrogen and oxygen atoms in total. The molecule has 3 aromatic rings. The van der Waals surface area contributed by atoms with Crippen LogP contribution in [0.5, 0.6) is 0 Å². The Kier molecular flexibility index (Phi) is 6.63. The van der Waals surface area contributed by atoms with Gasteiger partial charge >= 0.3 is 0 Å². The van der Waals surface area contributed by atoms with E-state index in [0.717, 1.165) is 37.3 Å². The molecule has 0 aliphatic heterocycles. The second kappa shape index (κ2) is 8.50. The standard InChI is InChI=1S/C21H26N2O.ClH/c1-4-22(5-2)14-13-21(24)16-11-12-18-17-9-7-8-10-19(17)23(6-3)20(18)15-16;/h7-12,15H,4-6,13-14H2,1-3H3;1H. The van der Waals surface area contributed by atoms with Gasteiger partial charge in [0.15, 0.2) is 5.78 Å². The first-order valence-corrected chi connectivity index (χ1v) is 8.96. The molecule has 0 spiro atoms. The highest BCUT2D eigenvalue weighted by Gasteiger charge is 2.13. The van der Waals surface area contributed by atoms with Crippen molar-refractivity contribution in [2.75, 3.05) is 19.6 Å². The van der Waals surface area contributed by atoms with Crippen molar-refractivity contribution in [1.29, 1.82) is 0 Å². The van der Waals surface area contributed by atoms with E-state index in [-0.39, 0.29) is 18.2 Å². The molecule has 134 valence electrons. The quantitative estimate of drug-likeness (QED) is 0.545. The summed E-state index contributed by atoms with van der Waals surface area (Å²) >= 11 is 0. The van der Waals surface area contributed by atoms with Gasteiger partial charge in [0.05, 0.1) is 0 Å². The molecule has 3 rings (SSSR count). The van der Waals surface area contributed by atoms with Crippen LogP contribution in [0.4, 0.5) is 0 Å². The van der Waals surface area contributed by atoms with Gasteiger partial charge < -0.3 is 9.47 Å². The molecule has 25 heavy (non-hydrogen) atoms. The zero-order valence-electron chi connectivity index (χ0n) is 15.3. The van der Waals surface area contributed by atoms with Gasteiger partial charge in [-0.3, -0.25) is 4.79 Å². The fraction of sp³-hybridized carbons (Fsp3) is 0.381. The lowest BCUT2D eigenvalue weighted by Crippen LogP contribution is -2.25. The summed E-state index contributed by atoms with van der Waals surface area (Å²) in [6.07, 6.45) is 0.583. The van der Waals surface area contributed by atoms with Gasteiger partial charge in [0.2, 0.25) is 0 Å². The number of fused-ring (bicyclic) bond motifs is 3. The number of aromatic nitrogens is 1. The van der Waals surface area contributed by atoms with Gasteiger partial charge in [-0.2, -0.15) is 0 Å². The Morgan fingerprint density at radius 1 is 0.960 bits per heavy atom. The molecule has 0 aliphatic carbocycles. The molecule has 0 radical (unpaired) electrons. The fourth-order valence-electron chi connectivity index (χ4n) is 3.51. The highest BCUT2D eigenvalue weighted by Crippen LogP contribution is 2.29. The van der Waals surface area contributed by atoms with Gasteiger partial charge in [-0.25, -0.2) is 0 Å². The van der Waals surface area contributed by atoms with Gasteiger partial charge in [-0.05, 0) is 32.1 Å². The van der Waals surface area contributed by atoms with Crippen LogP contribution in [0.3, 0.4) is 0 Å². The number of carbonyl (C=O) groups is 1. The van der Waals surface area contributed by atoms with Crippen LogP contribution in [0.1, 0.15) is 37.6 Å². The van der Waals surface area contributed by atoms with Gasteiger partial charge in [-0.1, -0.05) is 44.2 Å².